The van der Waals surface area contributed by atoms with E-state index in [1.807, 2.05) is 19.1 Å². The molecule has 0 spiro atoms. The molecule has 2 rings (SSSR count). The highest BCUT2D eigenvalue weighted by Gasteiger charge is 2.11. The molecule has 0 amide bonds. The first-order valence-electron chi connectivity index (χ1n) is 5.82. The third kappa shape index (κ3) is 2.91. The van der Waals surface area contributed by atoms with Crippen molar-refractivity contribution in [3.8, 4) is 0 Å². The molecule has 3 N–H and O–H groups in total. The maximum atomic E-state index is 13.0. The minimum atomic E-state index is -0.211. The van der Waals surface area contributed by atoms with Gasteiger partial charge in [-0.25, -0.2) is 4.39 Å². The van der Waals surface area contributed by atoms with Crippen molar-refractivity contribution in [3.05, 3.63) is 65.2 Å². The van der Waals surface area contributed by atoms with E-state index < -0.39 is 0 Å². The Hall–Kier alpha value is -1.78. The van der Waals surface area contributed by atoms with Crippen LogP contribution in [0.2, 0.25) is 0 Å². The lowest BCUT2D eigenvalue weighted by molar-refractivity contribution is 0.549. The molecule has 1 atom stereocenters. The third-order valence-corrected chi connectivity index (χ3v) is 3.04. The highest BCUT2D eigenvalue weighted by molar-refractivity contribution is 5.29. The zero-order valence-corrected chi connectivity index (χ0v) is 10.2. The fourth-order valence-corrected chi connectivity index (χ4v) is 1.98. The lowest BCUT2D eigenvalue weighted by Crippen LogP contribution is -2.29. The first-order chi connectivity index (χ1) is 8.70. The van der Waals surface area contributed by atoms with Crippen LogP contribution in [-0.2, 0) is 6.42 Å². The predicted octanol–water partition coefficient (Wildman–Crippen LogP) is 2.28. The smallest absolute Gasteiger partial charge is 0.123 e. The number of hydrazine groups is 1. The van der Waals surface area contributed by atoms with E-state index in [0.717, 1.165) is 16.7 Å². The molecule has 0 saturated carbocycles. The molecule has 1 aromatic carbocycles. The number of nitrogens with one attached hydrogen (secondary N) is 1. The van der Waals surface area contributed by atoms with Crippen molar-refractivity contribution >= 4 is 0 Å². The van der Waals surface area contributed by atoms with Crippen LogP contribution in [0, 0.1) is 12.7 Å². The monoisotopic (exact) mass is 245 g/mol. The number of benzene rings is 1. The van der Waals surface area contributed by atoms with Gasteiger partial charge < -0.3 is 0 Å². The van der Waals surface area contributed by atoms with E-state index in [2.05, 4.69) is 10.4 Å². The van der Waals surface area contributed by atoms with Gasteiger partial charge in [0.2, 0.25) is 0 Å². The second-order valence-corrected chi connectivity index (χ2v) is 4.27. The zero-order valence-electron chi connectivity index (χ0n) is 10.2. The first-order valence-corrected chi connectivity index (χ1v) is 5.82. The molecule has 1 aromatic heterocycles. The van der Waals surface area contributed by atoms with Crippen LogP contribution in [0.25, 0.3) is 0 Å². The van der Waals surface area contributed by atoms with Gasteiger partial charge in [0.25, 0.3) is 0 Å². The van der Waals surface area contributed by atoms with Crippen molar-refractivity contribution < 1.29 is 4.39 Å². The van der Waals surface area contributed by atoms with Gasteiger partial charge >= 0.3 is 0 Å². The molecule has 2 aromatic rings. The summed E-state index contributed by atoms with van der Waals surface area (Å²) < 4.78 is 13.0. The van der Waals surface area contributed by atoms with E-state index in [-0.39, 0.29) is 11.9 Å². The van der Waals surface area contributed by atoms with Crippen molar-refractivity contribution in [2.45, 2.75) is 19.4 Å². The molecule has 0 bridgehead atoms. The molecular formula is C14H16FN3. The number of nitrogens with zero attached hydrogens (tertiary/aromatic N) is 1. The van der Waals surface area contributed by atoms with Crippen molar-refractivity contribution in [1.82, 2.24) is 10.4 Å². The highest BCUT2D eigenvalue weighted by Crippen LogP contribution is 2.20. The Bertz CT molecular complexity index is 514. The van der Waals surface area contributed by atoms with Crippen molar-refractivity contribution in [1.29, 1.82) is 0 Å². The molecule has 4 heteroatoms. The van der Waals surface area contributed by atoms with Crippen LogP contribution in [-0.4, -0.2) is 4.98 Å². The van der Waals surface area contributed by atoms with Crippen LogP contribution in [0.1, 0.15) is 22.7 Å². The second kappa shape index (κ2) is 5.71. The average Bonchev–Trinajstić information content (AvgIpc) is 2.39. The Balaban J connectivity index is 2.21. The number of aryl methyl sites for hydroxylation is 1. The lowest BCUT2D eigenvalue weighted by Gasteiger charge is -2.17. The summed E-state index contributed by atoms with van der Waals surface area (Å²) in [6.45, 7) is 1.90. The molecule has 0 fully saturated rings. The van der Waals surface area contributed by atoms with Crippen molar-refractivity contribution in [3.63, 3.8) is 0 Å². The summed E-state index contributed by atoms with van der Waals surface area (Å²) in [4.78, 5) is 3.98. The van der Waals surface area contributed by atoms with E-state index in [4.69, 9.17) is 5.84 Å². The summed E-state index contributed by atoms with van der Waals surface area (Å²) in [6, 6.07) is 8.65. The summed E-state index contributed by atoms with van der Waals surface area (Å²) in [5.41, 5.74) is 5.87. The number of halogens is 1. The summed E-state index contributed by atoms with van der Waals surface area (Å²) in [5, 5.41) is 0. The van der Waals surface area contributed by atoms with Gasteiger partial charge in [-0.3, -0.25) is 16.3 Å². The highest BCUT2D eigenvalue weighted by atomic mass is 19.1. The van der Waals surface area contributed by atoms with Crippen LogP contribution in [0.4, 0.5) is 4.39 Å². The molecule has 0 aliphatic rings. The maximum Gasteiger partial charge on any atom is 0.123 e. The molecule has 1 heterocycles. The Kier molecular flexibility index (Phi) is 4.02. The number of hydrogen-bond donors (Lipinski definition) is 2. The van der Waals surface area contributed by atoms with Crippen LogP contribution in [0.3, 0.4) is 0 Å². The quantitative estimate of drug-likeness (QED) is 0.642. The normalized spacial score (nSPS) is 12.4. The first kappa shape index (κ1) is 12.7. The van der Waals surface area contributed by atoms with Gasteiger partial charge in [-0.2, -0.15) is 0 Å². The van der Waals surface area contributed by atoms with Crippen molar-refractivity contribution in [2.75, 3.05) is 0 Å². The van der Waals surface area contributed by atoms with Gasteiger partial charge in [0, 0.05) is 12.4 Å². The topological polar surface area (TPSA) is 50.9 Å². The number of nitrogens with two attached hydrogens (primary N) is 1. The van der Waals surface area contributed by atoms with Crippen molar-refractivity contribution in [2.24, 2.45) is 5.84 Å². The summed E-state index contributed by atoms with van der Waals surface area (Å²) in [6.07, 6.45) is 4.18. The Morgan fingerprint density at radius 2 is 2.00 bits per heavy atom. The molecule has 0 aliphatic carbocycles. The van der Waals surface area contributed by atoms with E-state index >= 15 is 0 Å². The maximum absolute atomic E-state index is 13.0. The number of aromatic nitrogens is 1. The van der Waals surface area contributed by atoms with Gasteiger partial charge in [0.15, 0.2) is 0 Å². The van der Waals surface area contributed by atoms with Gasteiger partial charge in [0.05, 0.1) is 6.04 Å². The van der Waals surface area contributed by atoms with E-state index in [0.29, 0.717) is 6.42 Å². The molecule has 0 aliphatic heterocycles. The van der Waals surface area contributed by atoms with Gasteiger partial charge in [-0.05, 0) is 54.3 Å². The largest absolute Gasteiger partial charge is 0.271 e. The second-order valence-electron chi connectivity index (χ2n) is 4.27. The molecule has 3 nitrogen and oxygen atoms in total. The standard InChI is InChI=1S/C14H16FN3/c1-10-8-13(15)3-2-12(10)9-14(18-16)11-4-6-17-7-5-11/h2-8,14,18H,9,16H2,1H3. The number of rotatable bonds is 4. The van der Waals surface area contributed by atoms with Gasteiger partial charge in [-0.1, -0.05) is 6.07 Å². The summed E-state index contributed by atoms with van der Waals surface area (Å²) >= 11 is 0. The molecule has 1 unspecified atom stereocenters. The Morgan fingerprint density at radius 3 is 2.61 bits per heavy atom. The Morgan fingerprint density at radius 1 is 1.28 bits per heavy atom. The van der Waals surface area contributed by atoms with E-state index in [1.54, 1.807) is 18.5 Å². The Labute approximate surface area is 106 Å². The average molecular weight is 245 g/mol. The summed E-state index contributed by atoms with van der Waals surface area (Å²) in [5.74, 6) is 5.38. The number of hydrogen-bond acceptors (Lipinski definition) is 3. The minimum Gasteiger partial charge on any atom is -0.271 e. The van der Waals surface area contributed by atoms with Crippen LogP contribution < -0.4 is 11.3 Å². The molecular weight excluding hydrogens is 229 g/mol. The third-order valence-electron chi connectivity index (χ3n) is 3.04. The molecule has 94 valence electrons. The lowest BCUT2D eigenvalue weighted by atomic mass is 9.97. The SMILES string of the molecule is Cc1cc(F)ccc1CC(NN)c1ccncc1. The minimum absolute atomic E-state index is 0.00263. The molecule has 0 saturated heterocycles. The molecule has 0 radical (unpaired) electrons. The fourth-order valence-electron chi connectivity index (χ4n) is 1.98. The van der Waals surface area contributed by atoms with Gasteiger partial charge in [-0.15, -0.1) is 0 Å². The van der Waals surface area contributed by atoms with Crippen LogP contribution in [0.5, 0.6) is 0 Å². The summed E-state index contributed by atoms with van der Waals surface area (Å²) in [7, 11) is 0. The predicted molar refractivity (Wildman–Crippen MR) is 69.1 cm³/mol. The fraction of sp³-hybridized carbons (Fsp3) is 0.214. The van der Waals surface area contributed by atoms with Crippen LogP contribution in [0.15, 0.2) is 42.7 Å². The van der Waals surface area contributed by atoms with Gasteiger partial charge in [0.1, 0.15) is 5.82 Å². The molecule has 18 heavy (non-hydrogen) atoms. The van der Waals surface area contributed by atoms with E-state index in [9.17, 15) is 4.39 Å². The van der Waals surface area contributed by atoms with Crippen LogP contribution >= 0.6 is 0 Å². The number of pyridine rings is 1. The zero-order chi connectivity index (χ0) is 13.0. The van der Waals surface area contributed by atoms with E-state index in [1.165, 1.54) is 12.1 Å².